The lowest BCUT2D eigenvalue weighted by Crippen LogP contribution is -2.23. The Balaban J connectivity index is 2.30. The maximum atomic E-state index is 11.8. The quantitative estimate of drug-likeness (QED) is 0.461. The zero-order chi connectivity index (χ0) is 17.7. The Morgan fingerprint density at radius 1 is 1.21 bits per heavy atom. The monoisotopic (exact) mass is 329 g/mol. The van der Waals surface area contributed by atoms with Crippen LogP contribution in [0.3, 0.4) is 0 Å². The fraction of sp³-hybridized carbons (Fsp3) is 0.278. The van der Waals surface area contributed by atoms with Crippen molar-refractivity contribution < 1.29 is 19.2 Å². The molecule has 2 rings (SSSR count). The van der Waals surface area contributed by atoms with Gasteiger partial charge in [0.1, 0.15) is 12.4 Å². The first-order chi connectivity index (χ1) is 11.4. The Labute approximate surface area is 140 Å². The van der Waals surface area contributed by atoms with E-state index < -0.39 is 16.9 Å². The molecule has 0 saturated carbocycles. The van der Waals surface area contributed by atoms with E-state index in [1.54, 1.807) is 24.3 Å². The van der Waals surface area contributed by atoms with E-state index >= 15 is 0 Å². The lowest BCUT2D eigenvalue weighted by Gasteiger charge is -2.14. The standard InChI is InChI=1S/C18H19NO5/c1-12-8-9-13(2)16(10-12)24-11-14-6-4-5-7-15(14)17(19(21)22)18(20)23-3/h4-10,17H,11H2,1-3H3. The van der Waals surface area contributed by atoms with Crippen molar-refractivity contribution in [1.82, 2.24) is 0 Å². The van der Waals surface area contributed by atoms with Gasteiger partial charge in [0.05, 0.1) is 7.11 Å². The number of nitrogens with zero attached hydrogens (tertiary/aromatic N) is 1. The second kappa shape index (κ2) is 7.59. The fourth-order valence-corrected chi connectivity index (χ4v) is 2.39. The second-order valence-electron chi connectivity index (χ2n) is 5.47. The Morgan fingerprint density at radius 2 is 1.92 bits per heavy atom. The number of nitro groups is 1. The number of carbonyl (C=O) groups excluding carboxylic acids is 1. The average Bonchev–Trinajstić information content (AvgIpc) is 2.56. The number of rotatable bonds is 6. The molecule has 1 unspecified atom stereocenters. The van der Waals surface area contributed by atoms with Crippen LogP contribution in [0.15, 0.2) is 42.5 Å². The third-order valence-electron chi connectivity index (χ3n) is 3.71. The van der Waals surface area contributed by atoms with Crippen molar-refractivity contribution in [3.05, 3.63) is 74.8 Å². The van der Waals surface area contributed by atoms with Crippen molar-refractivity contribution in [3.63, 3.8) is 0 Å². The van der Waals surface area contributed by atoms with Crippen LogP contribution >= 0.6 is 0 Å². The van der Waals surface area contributed by atoms with Gasteiger partial charge < -0.3 is 9.47 Å². The minimum atomic E-state index is -1.56. The van der Waals surface area contributed by atoms with Gasteiger partial charge in [0.15, 0.2) is 0 Å². The zero-order valence-corrected chi connectivity index (χ0v) is 13.8. The van der Waals surface area contributed by atoms with Crippen LogP contribution in [-0.2, 0) is 16.1 Å². The molecule has 2 aromatic carbocycles. The Bertz CT molecular complexity index is 757. The second-order valence-corrected chi connectivity index (χ2v) is 5.47. The molecule has 0 aliphatic heterocycles. The first kappa shape index (κ1) is 17.5. The van der Waals surface area contributed by atoms with Crippen LogP contribution in [-0.4, -0.2) is 18.0 Å². The van der Waals surface area contributed by atoms with Crippen molar-refractivity contribution >= 4 is 5.97 Å². The summed E-state index contributed by atoms with van der Waals surface area (Å²) in [7, 11) is 1.13. The molecular formula is C18H19NO5. The molecule has 0 radical (unpaired) electrons. The summed E-state index contributed by atoms with van der Waals surface area (Å²) in [6.45, 7) is 4.01. The van der Waals surface area contributed by atoms with E-state index in [1.807, 2.05) is 32.0 Å². The molecule has 0 bridgehead atoms. The molecular weight excluding hydrogens is 310 g/mol. The molecule has 24 heavy (non-hydrogen) atoms. The number of hydrogen-bond acceptors (Lipinski definition) is 5. The minimum Gasteiger partial charge on any atom is -0.489 e. The molecule has 0 N–H and O–H groups in total. The first-order valence-corrected chi connectivity index (χ1v) is 7.43. The first-order valence-electron chi connectivity index (χ1n) is 7.43. The van der Waals surface area contributed by atoms with Crippen molar-refractivity contribution in [2.75, 3.05) is 7.11 Å². The smallest absolute Gasteiger partial charge is 0.386 e. The SMILES string of the molecule is COC(=O)C(c1ccccc1COc1cc(C)ccc1C)[N+](=O)[O-]. The predicted molar refractivity (Wildman–Crippen MR) is 88.4 cm³/mol. The summed E-state index contributed by atoms with van der Waals surface area (Å²) in [4.78, 5) is 22.4. The van der Waals surface area contributed by atoms with Crippen LogP contribution in [0.25, 0.3) is 0 Å². The summed E-state index contributed by atoms with van der Waals surface area (Å²) in [5, 5.41) is 11.3. The van der Waals surface area contributed by atoms with E-state index in [1.165, 1.54) is 0 Å². The summed E-state index contributed by atoms with van der Waals surface area (Å²) in [5.74, 6) is -0.195. The van der Waals surface area contributed by atoms with Gasteiger partial charge >= 0.3 is 12.0 Å². The summed E-state index contributed by atoms with van der Waals surface area (Å²) in [6.07, 6.45) is 0. The molecule has 126 valence electrons. The van der Waals surface area contributed by atoms with Gasteiger partial charge in [-0.2, -0.15) is 0 Å². The predicted octanol–water partition coefficient (Wildman–Crippen LogP) is 3.37. The molecule has 0 aliphatic carbocycles. The topological polar surface area (TPSA) is 78.7 Å². The molecule has 0 amide bonds. The molecule has 0 spiro atoms. The number of carbonyl (C=O) groups is 1. The molecule has 0 saturated heterocycles. The fourth-order valence-electron chi connectivity index (χ4n) is 2.39. The molecule has 6 nitrogen and oxygen atoms in total. The van der Waals surface area contributed by atoms with Gasteiger partial charge in [-0.15, -0.1) is 0 Å². The maximum Gasteiger partial charge on any atom is 0.386 e. The highest BCUT2D eigenvalue weighted by molar-refractivity contribution is 5.76. The lowest BCUT2D eigenvalue weighted by atomic mass is 10.0. The van der Waals surface area contributed by atoms with Gasteiger partial charge in [-0.25, -0.2) is 4.79 Å². The van der Waals surface area contributed by atoms with Gasteiger partial charge in [-0.1, -0.05) is 36.4 Å². The Morgan fingerprint density at radius 3 is 2.58 bits per heavy atom. The van der Waals surface area contributed by atoms with E-state index in [2.05, 4.69) is 4.74 Å². The largest absolute Gasteiger partial charge is 0.489 e. The van der Waals surface area contributed by atoms with Gasteiger partial charge in [0.25, 0.3) is 0 Å². The van der Waals surface area contributed by atoms with E-state index in [4.69, 9.17) is 4.74 Å². The Kier molecular flexibility index (Phi) is 5.52. The van der Waals surface area contributed by atoms with Crippen molar-refractivity contribution in [2.24, 2.45) is 0 Å². The van der Waals surface area contributed by atoms with Crippen LogP contribution < -0.4 is 4.74 Å². The summed E-state index contributed by atoms with van der Waals surface area (Å²) in [5.41, 5.74) is 2.88. The highest BCUT2D eigenvalue weighted by atomic mass is 16.6. The molecule has 0 aliphatic rings. The van der Waals surface area contributed by atoms with Gasteiger partial charge in [-0.05, 0) is 36.6 Å². The van der Waals surface area contributed by atoms with Gasteiger partial charge in [-0.3, -0.25) is 10.1 Å². The maximum absolute atomic E-state index is 11.8. The highest BCUT2D eigenvalue weighted by Crippen LogP contribution is 2.25. The zero-order valence-electron chi connectivity index (χ0n) is 13.8. The number of benzene rings is 2. The number of aryl methyl sites for hydroxylation is 2. The number of ether oxygens (including phenoxy) is 2. The molecule has 0 fully saturated rings. The van der Waals surface area contributed by atoms with Crippen LogP contribution in [0.1, 0.15) is 28.3 Å². The molecule has 6 heteroatoms. The number of methoxy groups -OCH3 is 1. The average molecular weight is 329 g/mol. The van der Waals surface area contributed by atoms with Crippen molar-refractivity contribution in [2.45, 2.75) is 26.5 Å². The van der Waals surface area contributed by atoms with Crippen molar-refractivity contribution in [3.8, 4) is 5.75 Å². The van der Waals surface area contributed by atoms with Crippen LogP contribution in [0.4, 0.5) is 0 Å². The lowest BCUT2D eigenvalue weighted by molar-refractivity contribution is -0.516. The molecule has 2 aromatic rings. The van der Waals surface area contributed by atoms with Crippen molar-refractivity contribution in [1.29, 1.82) is 0 Å². The van der Waals surface area contributed by atoms with Crippen LogP contribution in [0.2, 0.25) is 0 Å². The highest BCUT2D eigenvalue weighted by Gasteiger charge is 2.34. The third kappa shape index (κ3) is 3.90. The Hall–Kier alpha value is -2.89. The summed E-state index contributed by atoms with van der Waals surface area (Å²) < 4.78 is 10.4. The van der Waals surface area contributed by atoms with Crippen LogP contribution in [0, 0.1) is 24.0 Å². The van der Waals surface area contributed by atoms with Crippen LogP contribution in [0.5, 0.6) is 5.75 Å². The van der Waals surface area contributed by atoms with Gasteiger partial charge in [0.2, 0.25) is 0 Å². The molecule has 0 heterocycles. The number of hydrogen-bond donors (Lipinski definition) is 0. The minimum absolute atomic E-state index is 0.127. The molecule has 0 aromatic heterocycles. The summed E-state index contributed by atoms with van der Waals surface area (Å²) >= 11 is 0. The normalized spacial score (nSPS) is 11.6. The van der Waals surface area contributed by atoms with Gasteiger partial charge in [0, 0.05) is 10.5 Å². The molecule has 1 atom stereocenters. The number of esters is 1. The van der Waals surface area contributed by atoms with E-state index in [-0.39, 0.29) is 12.2 Å². The summed E-state index contributed by atoms with van der Waals surface area (Å²) in [6, 6.07) is 10.9. The third-order valence-corrected chi connectivity index (χ3v) is 3.71. The van der Waals surface area contributed by atoms with E-state index in [9.17, 15) is 14.9 Å². The van der Waals surface area contributed by atoms with E-state index in [0.717, 1.165) is 18.2 Å². The van der Waals surface area contributed by atoms with E-state index in [0.29, 0.717) is 11.3 Å².